The van der Waals surface area contributed by atoms with Gasteiger partial charge in [0, 0.05) is 18.7 Å². The number of aromatic nitrogens is 1. The lowest BCUT2D eigenvalue weighted by Crippen LogP contribution is -2.49. The van der Waals surface area contributed by atoms with Crippen molar-refractivity contribution in [2.75, 3.05) is 18.1 Å². The zero-order valence-corrected chi connectivity index (χ0v) is 18.2. The molecule has 2 aromatic rings. The van der Waals surface area contributed by atoms with E-state index in [1.54, 1.807) is 0 Å². The number of sulfone groups is 1. The minimum Gasteiger partial charge on any atom is -0.301 e. The Morgan fingerprint density at radius 3 is 2.50 bits per heavy atom. The van der Waals surface area contributed by atoms with Crippen LogP contribution in [0.15, 0.2) is 39.6 Å². The van der Waals surface area contributed by atoms with Gasteiger partial charge in [-0.2, -0.15) is 4.31 Å². The van der Waals surface area contributed by atoms with Crippen LogP contribution in [0.25, 0.3) is 0 Å². The van der Waals surface area contributed by atoms with Crippen LogP contribution >= 0.6 is 11.3 Å². The van der Waals surface area contributed by atoms with Gasteiger partial charge in [0.2, 0.25) is 25.8 Å². The standard InChI is InChI=1S/C16H18N4O7S3/c1-29(24,25)19-9-3-2-4-13(19)15(21)18-16-17-10-14(28-16)30(26,27)12-7-5-11(6-8-12)20(22)23/h5-8,10,13H,2-4,9H2,1H3,(H,17,18,21). The summed E-state index contributed by atoms with van der Waals surface area (Å²) in [5.41, 5.74) is -0.242. The third-order valence-electron chi connectivity index (χ3n) is 4.52. The first-order valence-corrected chi connectivity index (χ1v) is 12.9. The lowest BCUT2D eigenvalue weighted by molar-refractivity contribution is -0.384. The minimum atomic E-state index is -3.98. The summed E-state index contributed by atoms with van der Waals surface area (Å²) in [7, 11) is -7.54. The Balaban J connectivity index is 1.78. The van der Waals surface area contributed by atoms with E-state index in [0.717, 1.165) is 41.0 Å². The highest BCUT2D eigenvalue weighted by molar-refractivity contribution is 7.93. The number of piperidine rings is 1. The molecule has 0 radical (unpaired) electrons. The second-order valence-corrected chi connectivity index (χ2v) is 11.8. The highest BCUT2D eigenvalue weighted by atomic mass is 32.2. The molecular weight excluding hydrogens is 456 g/mol. The fraction of sp³-hybridized carbons (Fsp3) is 0.375. The summed E-state index contributed by atoms with van der Waals surface area (Å²) in [5.74, 6) is -0.575. The highest BCUT2D eigenvalue weighted by Crippen LogP contribution is 2.30. The lowest BCUT2D eigenvalue weighted by Gasteiger charge is -2.32. The van der Waals surface area contributed by atoms with Gasteiger partial charge < -0.3 is 5.32 Å². The van der Waals surface area contributed by atoms with E-state index >= 15 is 0 Å². The number of thiazole rings is 1. The molecule has 3 rings (SSSR count). The number of carbonyl (C=O) groups is 1. The molecule has 1 fully saturated rings. The normalized spacial score (nSPS) is 18.1. The van der Waals surface area contributed by atoms with Crippen molar-refractivity contribution < 1.29 is 26.6 Å². The maximum Gasteiger partial charge on any atom is 0.269 e. The number of amides is 1. The smallest absolute Gasteiger partial charge is 0.269 e. The second-order valence-electron chi connectivity index (χ2n) is 6.61. The van der Waals surface area contributed by atoms with Gasteiger partial charge in [0.25, 0.3) is 5.69 Å². The van der Waals surface area contributed by atoms with Gasteiger partial charge >= 0.3 is 0 Å². The molecule has 1 aliphatic rings. The van der Waals surface area contributed by atoms with Crippen LogP contribution in [0.4, 0.5) is 10.8 Å². The van der Waals surface area contributed by atoms with Gasteiger partial charge in [0.05, 0.1) is 22.3 Å². The van der Waals surface area contributed by atoms with Crippen LogP contribution in [-0.2, 0) is 24.7 Å². The van der Waals surface area contributed by atoms with Crippen molar-refractivity contribution in [3.05, 3.63) is 40.6 Å². The molecule has 1 aromatic heterocycles. The van der Waals surface area contributed by atoms with Gasteiger partial charge in [-0.15, -0.1) is 0 Å². The van der Waals surface area contributed by atoms with Crippen molar-refractivity contribution in [3.8, 4) is 0 Å². The molecule has 1 saturated heterocycles. The van der Waals surface area contributed by atoms with E-state index < -0.39 is 36.7 Å². The maximum atomic E-state index is 12.7. The van der Waals surface area contributed by atoms with Gasteiger partial charge in [-0.05, 0) is 25.0 Å². The summed E-state index contributed by atoms with van der Waals surface area (Å²) in [6.45, 7) is 0.245. The van der Waals surface area contributed by atoms with Crippen molar-refractivity contribution in [2.45, 2.75) is 34.4 Å². The third kappa shape index (κ3) is 4.66. The molecule has 0 saturated carbocycles. The Labute approximate surface area is 176 Å². The molecular formula is C16H18N4O7S3. The largest absolute Gasteiger partial charge is 0.301 e. The molecule has 0 aliphatic carbocycles. The molecule has 1 atom stereocenters. The molecule has 1 unspecified atom stereocenters. The summed E-state index contributed by atoms with van der Waals surface area (Å²) in [5, 5.41) is 13.2. The molecule has 11 nitrogen and oxygen atoms in total. The third-order valence-corrected chi connectivity index (χ3v) is 8.95. The first-order chi connectivity index (χ1) is 14.0. The lowest BCUT2D eigenvalue weighted by atomic mass is 10.0. The van der Waals surface area contributed by atoms with E-state index in [1.807, 2.05) is 0 Å². The minimum absolute atomic E-state index is 0.0134. The quantitative estimate of drug-likeness (QED) is 0.489. The summed E-state index contributed by atoms with van der Waals surface area (Å²) in [6.07, 6.45) is 3.83. The van der Waals surface area contributed by atoms with E-state index in [4.69, 9.17) is 0 Å². The molecule has 1 aromatic carbocycles. The number of nitrogens with one attached hydrogen (secondary N) is 1. The molecule has 1 amide bonds. The van der Waals surface area contributed by atoms with Crippen LogP contribution in [0.3, 0.4) is 0 Å². The number of rotatable bonds is 6. The number of anilines is 1. The highest BCUT2D eigenvalue weighted by Gasteiger charge is 2.35. The van der Waals surface area contributed by atoms with Crippen LogP contribution < -0.4 is 5.32 Å². The predicted octanol–water partition coefficient (Wildman–Crippen LogP) is 1.64. The number of sulfonamides is 1. The van der Waals surface area contributed by atoms with E-state index in [2.05, 4.69) is 10.3 Å². The van der Waals surface area contributed by atoms with E-state index in [9.17, 15) is 31.7 Å². The number of nitro benzene ring substituents is 1. The van der Waals surface area contributed by atoms with E-state index in [0.29, 0.717) is 30.6 Å². The van der Waals surface area contributed by atoms with Gasteiger partial charge in [0.1, 0.15) is 10.3 Å². The number of carbonyl (C=O) groups excluding carboxylic acids is 1. The van der Waals surface area contributed by atoms with E-state index in [1.165, 1.54) is 0 Å². The van der Waals surface area contributed by atoms with Crippen molar-refractivity contribution >= 4 is 47.9 Å². The fourth-order valence-electron chi connectivity index (χ4n) is 3.06. The van der Waals surface area contributed by atoms with Crippen LogP contribution in [0.1, 0.15) is 19.3 Å². The van der Waals surface area contributed by atoms with Gasteiger partial charge in [-0.25, -0.2) is 21.8 Å². The molecule has 14 heteroatoms. The van der Waals surface area contributed by atoms with Crippen molar-refractivity contribution in [1.29, 1.82) is 0 Å². The van der Waals surface area contributed by atoms with Crippen LogP contribution in [-0.4, -0.2) is 55.8 Å². The van der Waals surface area contributed by atoms with Crippen LogP contribution in [0, 0.1) is 10.1 Å². The van der Waals surface area contributed by atoms with Crippen molar-refractivity contribution in [1.82, 2.24) is 9.29 Å². The summed E-state index contributed by atoms with van der Waals surface area (Å²) in [6, 6.07) is 3.53. The summed E-state index contributed by atoms with van der Waals surface area (Å²) >= 11 is 0.713. The zero-order chi connectivity index (χ0) is 22.1. The number of nitrogens with zero attached hydrogens (tertiary/aromatic N) is 3. The zero-order valence-electron chi connectivity index (χ0n) is 15.7. The monoisotopic (exact) mass is 474 g/mol. The molecule has 30 heavy (non-hydrogen) atoms. The second kappa shape index (κ2) is 8.37. The van der Waals surface area contributed by atoms with Gasteiger partial charge in [-0.1, -0.05) is 17.8 Å². The Hall–Kier alpha value is -2.42. The first kappa shape index (κ1) is 22.3. The Morgan fingerprint density at radius 1 is 1.23 bits per heavy atom. The van der Waals surface area contributed by atoms with Crippen LogP contribution in [0.2, 0.25) is 0 Å². The molecule has 1 N–H and O–H groups in total. The first-order valence-electron chi connectivity index (χ1n) is 8.73. The average Bonchev–Trinajstić information content (AvgIpc) is 3.16. The number of non-ortho nitro benzene ring substituents is 1. The maximum absolute atomic E-state index is 12.7. The Bertz CT molecular complexity index is 1170. The van der Waals surface area contributed by atoms with Crippen LogP contribution in [0.5, 0.6) is 0 Å². The van der Waals surface area contributed by atoms with Crippen molar-refractivity contribution in [3.63, 3.8) is 0 Å². The number of hydrogen-bond acceptors (Lipinski definition) is 9. The predicted molar refractivity (Wildman–Crippen MR) is 108 cm³/mol. The Kier molecular flexibility index (Phi) is 6.21. The average molecular weight is 475 g/mol. The fourth-order valence-corrected chi connectivity index (χ4v) is 6.62. The molecule has 162 valence electrons. The Morgan fingerprint density at radius 2 is 1.90 bits per heavy atom. The van der Waals surface area contributed by atoms with Gasteiger partial charge in [0.15, 0.2) is 5.13 Å². The molecule has 2 heterocycles. The summed E-state index contributed by atoms with van der Waals surface area (Å²) in [4.78, 5) is 26.4. The van der Waals surface area contributed by atoms with E-state index in [-0.39, 0.29) is 26.5 Å². The van der Waals surface area contributed by atoms with Crippen molar-refractivity contribution in [2.24, 2.45) is 0 Å². The number of benzene rings is 1. The molecule has 1 aliphatic heterocycles. The molecule has 0 spiro atoms. The topological polar surface area (TPSA) is 157 Å². The SMILES string of the molecule is CS(=O)(=O)N1CCCCC1C(=O)Nc1ncc(S(=O)(=O)c2ccc([N+](=O)[O-])cc2)s1. The summed E-state index contributed by atoms with van der Waals surface area (Å²) < 4.78 is 50.2. The molecule has 0 bridgehead atoms. The van der Waals surface area contributed by atoms with Gasteiger partial charge in [-0.3, -0.25) is 14.9 Å². The number of nitro groups is 1. The number of hydrogen-bond donors (Lipinski definition) is 1.